The van der Waals surface area contributed by atoms with Gasteiger partial charge in [0.2, 0.25) is 0 Å². The number of nitrogens with zero attached hydrogens (tertiary/aromatic N) is 2. The van der Waals surface area contributed by atoms with Gasteiger partial charge in [0.05, 0.1) is 5.71 Å². The number of aromatic nitrogens is 1. The maximum Gasteiger partial charge on any atom is 0.271 e. The molecule has 7 heteroatoms. The summed E-state index contributed by atoms with van der Waals surface area (Å²) in [4.78, 5) is 15.9. The Kier molecular flexibility index (Phi) is 6.65. The second-order valence-corrected chi connectivity index (χ2v) is 6.80. The van der Waals surface area contributed by atoms with Crippen LogP contribution in [0.2, 0.25) is 0 Å². The van der Waals surface area contributed by atoms with Crippen LogP contribution in [0.4, 0.5) is 11.4 Å². The zero-order valence-electron chi connectivity index (χ0n) is 16.1. The van der Waals surface area contributed by atoms with Gasteiger partial charge in [-0.1, -0.05) is 29.8 Å². The minimum absolute atomic E-state index is 0.280. The lowest BCUT2D eigenvalue weighted by Gasteiger charge is -2.11. The molecular weight excluding hydrogens is 382 g/mol. The summed E-state index contributed by atoms with van der Waals surface area (Å²) >= 11 is 5.35. The lowest BCUT2D eigenvalue weighted by Crippen LogP contribution is -2.19. The number of hydrogen-bond acceptors (Lipinski definition) is 4. The summed E-state index contributed by atoms with van der Waals surface area (Å²) in [5, 5.41) is 11.0. The standard InChI is InChI=1S/C22H21N5OS/c1-15-3-7-19(8-4-15)24-22(29)25-20-9-5-17(6-10-20)16(2)26-27-21(28)18-11-13-23-14-12-18/h3-14H,1-2H3,(H,27,28)(H2,24,25,29)/b26-16+. The molecule has 3 N–H and O–H groups in total. The Labute approximate surface area is 175 Å². The molecule has 3 aromatic rings. The first kappa shape index (κ1) is 20.2. The summed E-state index contributed by atoms with van der Waals surface area (Å²) in [5.41, 5.74) is 7.62. The van der Waals surface area contributed by atoms with Crippen LogP contribution in [0.3, 0.4) is 0 Å². The zero-order valence-corrected chi connectivity index (χ0v) is 17.0. The normalized spacial score (nSPS) is 10.9. The van der Waals surface area contributed by atoms with E-state index in [4.69, 9.17) is 12.2 Å². The van der Waals surface area contributed by atoms with Gasteiger partial charge < -0.3 is 10.6 Å². The fraction of sp³-hybridized carbons (Fsp3) is 0.0909. The fourth-order valence-corrected chi connectivity index (χ4v) is 2.73. The average Bonchev–Trinajstić information content (AvgIpc) is 2.74. The molecule has 1 amide bonds. The molecule has 0 bridgehead atoms. The fourth-order valence-electron chi connectivity index (χ4n) is 2.49. The Hall–Kier alpha value is -3.58. The maximum absolute atomic E-state index is 12.0. The zero-order chi connectivity index (χ0) is 20.6. The van der Waals surface area contributed by atoms with Crippen LogP contribution < -0.4 is 16.1 Å². The molecule has 2 aromatic carbocycles. The van der Waals surface area contributed by atoms with E-state index in [-0.39, 0.29) is 5.91 Å². The Morgan fingerprint density at radius 1 is 0.862 bits per heavy atom. The second kappa shape index (κ2) is 9.57. The summed E-state index contributed by atoms with van der Waals surface area (Å²) in [7, 11) is 0. The summed E-state index contributed by atoms with van der Waals surface area (Å²) in [6.45, 7) is 3.87. The topological polar surface area (TPSA) is 78.4 Å². The first-order chi connectivity index (χ1) is 14.0. The van der Waals surface area contributed by atoms with Gasteiger partial charge in [-0.25, -0.2) is 5.43 Å². The highest BCUT2D eigenvalue weighted by Crippen LogP contribution is 2.13. The van der Waals surface area contributed by atoms with E-state index in [1.165, 1.54) is 5.56 Å². The molecule has 0 spiro atoms. The third-order valence-electron chi connectivity index (χ3n) is 4.14. The van der Waals surface area contributed by atoms with Crippen molar-refractivity contribution < 1.29 is 4.79 Å². The number of carbonyl (C=O) groups is 1. The van der Waals surface area contributed by atoms with Crippen LogP contribution in [0.1, 0.15) is 28.4 Å². The van der Waals surface area contributed by atoms with Gasteiger partial charge in [-0.3, -0.25) is 9.78 Å². The summed E-state index contributed by atoms with van der Waals surface area (Å²) in [5.74, 6) is -0.280. The monoisotopic (exact) mass is 403 g/mol. The minimum Gasteiger partial charge on any atom is -0.332 e. The minimum atomic E-state index is -0.280. The molecular formula is C22H21N5OS. The lowest BCUT2D eigenvalue weighted by molar-refractivity contribution is 0.0954. The summed E-state index contributed by atoms with van der Waals surface area (Å²) < 4.78 is 0. The van der Waals surface area contributed by atoms with Gasteiger partial charge in [0, 0.05) is 29.3 Å². The Bertz CT molecular complexity index is 1020. The van der Waals surface area contributed by atoms with Crippen molar-refractivity contribution in [3.63, 3.8) is 0 Å². The molecule has 1 aromatic heterocycles. The molecule has 0 fully saturated rings. The number of hydrogen-bond donors (Lipinski definition) is 3. The van der Waals surface area contributed by atoms with Crippen molar-refractivity contribution in [2.75, 3.05) is 10.6 Å². The van der Waals surface area contributed by atoms with Crippen LogP contribution >= 0.6 is 12.2 Å². The SMILES string of the molecule is C/C(=N\NC(=O)c1ccncc1)c1ccc(NC(=S)Nc2ccc(C)cc2)cc1. The van der Waals surface area contributed by atoms with E-state index in [2.05, 4.69) is 26.1 Å². The van der Waals surface area contributed by atoms with Gasteiger partial charge in [-0.05, 0) is 68.0 Å². The molecule has 6 nitrogen and oxygen atoms in total. The van der Waals surface area contributed by atoms with Crippen molar-refractivity contribution in [3.05, 3.63) is 89.7 Å². The average molecular weight is 404 g/mol. The number of amides is 1. The van der Waals surface area contributed by atoms with Crippen LogP contribution in [-0.2, 0) is 0 Å². The highest BCUT2D eigenvalue weighted by atomic mass is 32.1. The number of carbonyl (C=O) groups excluding carboxylic acids is 1. The molecule has 0 atom stereocenters. The van der Waals surface area contributed by atoms with Crippen molar-refractivity contribution >= 4 is 40.3 Å². The third-order valence-corrected chi connectivity index (χ3v) is 4.34. The number of nitrogens with one attached hydrogen (secondary N) is 3. The molecule has 29 heavy (non-hydrogen) atoms. The largest absolute Gasteiger partial charge is 0.332 e. The highest BCUT2D eigenvalue weighted by molar-refractivity contribution is 7.80. The number of hydrazone groups is 1. The lowest BCUT2D eigenvalue weighted by atomic mass is 10.1. The van der Waals surface area contributed by atoms with Crippen LogP contribution in [-0.4, -0.2) is 21.7 Å². The maximum atomic E-state index is 12.0. The van der Waals surface area contributed by atoms with E-state index in [0.717, 1.165) is 16.9 Å². The van der Waals surface area contributed by atoms with Crippen molar-refractivity contribution in [2.45, 2.75) is 13.8 Å². The number of rotatable bonds is 5. The Balaban J connectivity index is 1.56. The first-order valence-corrected chi connectivity index (χ1v) is 9.42. The van der Waals surface area contributed by atoms with Gasteiger partial charge in [0.15, 0.2) is 5.11 Å². The van der Waals surface area contributed by atoms with E-state index < -0.39 is 0 Å². The van der Waals surface area contributed by atoms with Crippen molar-refractivity contribution in [1.82, 2.24) is 10.4 Å². The van der Waals surface area contributed by atoms with Crippen LogP contribution in [0, 0.1) is 6.92 Å². The van der Waals surface area contributed by atoms with E-state index in [1.54, 1.807) is 24.5 Å². The molecule has 0 saturated heterocycles. The summed E-state index contributed by atoms with van der Waals surface area (Å²) in [6.07, 6.45) is 3.13. The van der Waals surface area contributed by atoms with Gasteiger partial charge in [0.25, 0.3) is 5.91 Å². The van der Waals surface area contributed by atoms with E-state index >= 15 is 0 Å². The van der Waals surface area contributed by atoms with Gasteiger partial charge in [0.1, 0.15) is 0 Å². The molecule has 3 rings (SSSR count). The van der Waals surface area contributed by atoms with Crippen molar-refractivity contribution in [2.24, 2.45) is 5.10 Å². The summed E-state index contributed by atoms with van der Waals surface area (Å²) in [6, 6.07) is 18.9. The quantitative estimate of drug-likeness (QED) is 0.335. The van der Waals surface area contributed by atoms with Gasteiger partial charge in [-0.15, -0.1) is 0 Å². The molecule has 0 unspecified atom stereocenters. The van der Waals surface area contributed by atoms with Crippen LogP contribution in [0.15, 0.2) is 78.2 Å². The van der Waals surface area contributed by atoms with E-state index in [1.807, 2.05) is 62.4 Å². The van der Waals surface area contributed by atoms with Crippen LogP contribution in [0.25, 0.3) is 0 Å². The number of thiocarbonyl (C=S) groups is 1. The number of benzene rings is 2. The molecule has 1 heterocycles. The molecule has 146 valence electrons. The number of pyridine rings is 1. The molecule has 0 aliphatic heterocycles. The highest BCUT2D eigenvalue weighted by Gasteiger charge is 2.05. The number of anilines is 2. The predicted molar refractivity (Wildman–Crippen MR) is 121 cm³/mol. The molecule has 0 radical (unpaired) electrons. The Morgan fingerprint density at radius 2 is 1.41 bits per heavy atom. The van der Waals surface area contributed by atoms with Crippen molar-refractivity contribution in [1.29, 1.82) is 0 Å². The van der Waals surface area contributed by atoms with Gasteiger partial charge >= 0.3 is 0 Å². The Morgan fingerprint density at radius 3 is 2.00 bits per heavy atom. The second-order valence-electron chi connectivity index (χ2n) is 6.40. The first-order valence-electron chi connectivity index (χ1n) is 9.01. The predicted octanol–water partition coefficient (Wildman–Crippen LogP) is 4.35. The van der Waals surface area contributed by atoms with Crippen molar-refractivity contribution in [3.8, 4) is 0 Å². The molecule has 0 aliphatic carbocycles. The van der Waals surface area contributed by atoms with Crippen LogP contribution in [0.5, 0.6) is 0 Å². The third kappa shape index (κ3) is 5.95. The van der Waals surface area contributed by atoms with Gasteiger partial charge in [-0.2, -0.15) is 5.10 Å². The molecule has 0 saturated carbocycles. The van der Waals surface area contributed by atoms with E-state index in [0.29, 0.717) is 16.4 Å². The molecule has 0 aliphatic rings. The van der Waals surface area contributed by atoms with E-state index in [9.17, 15) is 4.79 Å². The smallest absolute Gasteiger partial charge is 0.271 e. The number of aryl methyl sites for hydroxylation is 1.